The first kappa shape index (κ1) is 37.6. The number of quaternary nitrogens is 2. The van der Waals surface area contributed by atoms with Gasteiger partial charge in [0.05, 0.1) is 23.8 Å². The van der Waals surface area contributed by atoms with Crippen molar-refractivity contribution in [1.29, 1.82) is 0 Å². The molecular weight excluding hydrogens is 714 g/mol. The number of ether oxygens (including phenoxy) is 1. The minimum atomic E-state index is -2.36. The number of aliphatic hydroxyl groups is 5. The minimum absolute atomic E-state index is 0.0118. The lowest BCUT2D eigenvalue weighted by Gasteiger charge is -2.42. The first-order valence-electron chi connectivity index (χ1n) is 18.7. The van der Waals surface area contributed by atoms with Crippen LogP contribution in [0.15, 0.2) is 79.9 Å². The molecule has 0 radical (unpaired) electrons. The summed E-state index contributed by atoms with van der Waals surface area (Å²) in [6.45, 7) is 2.93. The Balaban J connectivity index is 1.09. The van der Waals surface area contributed by atoms with E-state index in [0.29, 0.717) is 71.0 Å². The predicted molar refractivity (Wildman–Crippen MR) is 197 cm³/mol. The molecule has 55 heavy (non-hydrogen) atoms. The minimum Gasteiger partial charge on any atom is -0.478 e. The van der Waals surface area contributed by atoms with Crippen LogP contribution in [0.1, 0.15) is 37.5 Å². The van der Waals surface area contributed by atoms with Gasteiger partial charge < -0.3 is 40.0 Å². The second kappa shape index (κ2) is 14.6. The number of hydrogen-bond donors (Lipinski definition) is 8. The van der Waals surface area contributed by atoms with Crippen LogP contribution in [0.5, 0.6) is 5.75 Å². The van der Waals surface area contributed by atoms with Gasteiger partial charge in [0.2, 0.25) is 17.2 Å². The average Bonchev–Trinajstić information content (AvgIpc) is 4.00. The molecule has 0 spiro atoms. The first-order chi connectivity index (χ1) is 26.4. The fourth-order valence-electron chi connectivity index (χ4n) is 8.49. The number of hydrogen-bond acceptors (Lipinski definition) is 13. The molecular formula is C39H47N5O11+2. The number of rotatable bonds is 14. The average molecular weight is 762 g/mol. The number of fused-ring (bicyclic) bond motifs is 4. The van der Waals surface area contributed by atoms with E-state index in [4.69, 9.17) is 18.9 Å². The molecule has 0 saturated carbocycles. The molecule has 6 aliphatic rings. The molecule has 292 valence electrons. The Morgan fingerprint density at radius 1 is 1.15 bits per heavy atom. The highest BCUT2D eigenvalue weighted by Crippen LogP contribution is 2.45. The van der Waals surface area contributed by atoms with Gasteiger partial charge in [-0.3, -0.25) is 29.4 Å². The third-order valence-electron chi connectivity index (χ3n) is 11.8. The standard InChI is InChI=1S/C39H45N5O11/c1-21-11-29(46)25-13-24-14-32(55-52-19-31(48)39(51,37(50)30(47)18-45)20-43-10-6-26-28(43)5-9-40-26)38(2,7-3-22-12-33(49)42-15-22)54-35(24)34(36(25)53-21)44-16-23-4-8-41-27(23)17-44/h4-6,8-11,13,16,22,28,30-32,37,45,47-48,50-51H,3,7,12,14-15,17-20H2,1-2H3,(H,42,49)/p+2. The molecule has 1 amide bonds. The lowest BCUT2D eigenvalue weighted by Crippen LogP contribution is -3.13. The second-order valence-corrected chi connectivity index (χ2v) is 15.6. The largest absolute Gasteiger partial charge is 0.478 e. The highest BCUT2D eigenvalue weighted by molar-refractivity contribution is 6.07. The predicted octanol–water partition coefficient (Wildman–Crippen LogP) is -2.03. The summed E-state index contributed by atoms with van der Waals surface area (Å²) in [6, 6.07) is 2.94. The Bertz CT molecular complexity index is 2130. The molecule has 1 aromatic carbocycles. The highest BCUT2D eigenvalue weighted by Gasteiger charge is 2.52. The van der Waals surface area contributed by atoms with Crippen LogP contribution in [-0.4, -0.2) is 117 Å². The summed E-state index contributed by atoms with van der Waals surface area (Å²) >= 11 is 0. The van der Waals surface area contributed by atoms with Crippen LogP contribution < -0.4 is 25.3 Å². The normalized spacial score (nSPS) is 30.3. The van der Waals surface area contributed by atoms with E-state index in [1.807, 2.05) is 25.3 Å². The zero-order valence-corrected chi connectivity index (χ0v) is 30.6. The van der Waals surface area contributed by atoms with E-state index in [-0.39, 0.29) is 36.3 Å². The molecule has 7 heterocycles. The zero-order chi connectivity index (χ0) is 38.6. The van der Waals surface area contributed by atoms with Gasteiger partial charge in [0.1, 0.15) is 73.1 Å². The van der Waals surface area contributed by atoms with Crippen LogP contribution >= 0.6 is 0 Å². The fourth-order valence-corrected chi connectivity index (χ4v) is 8.49. The molecule has 1 saturated heterocycles. The second-order valence-electron chi connectivity index (χ2n) is 15.6. The number of allylic oxidation sites excluding steroid dienone is 1. The van der Waals surface area contributed by atoms with Crippen molar-refractivity contribution < 1.29 is 59.1 Å². The van der Waals surface area contributed by atoms with Crippen LogP contribution in [0, 0.1) is 12.8 Å². The van der Waals surface area contributed by atoms with Gasteiger partial charge in [0.15, 0.2) is 22.8 Å². The Morgan fingerprint density at radius 3 is 2.75 bits per heavy atom. The van der Waals surface area contributed by atoms with Crippen LogP contribution in [0.2, 0.25) is 0 Å². The van der Waals surface area contributed by atoms with Crippen LogP contribution in [0.25, 0.3) is 11.0 Å². The van der Waals surface area contributed by atoms with Gasteiger partial charge in [-0.2, -0.15) is 0 Å². The molecule has 8 rings (SSSR count). The van der Waals surface area contributed by atoms with E-state index in [1.54, 1.807) is 37.7 Å². The summed E-state index contributed by atoms with van der Waals surface area (Å²) < 4.78 is 13.2. The van der Waals surface area contributed by atoms with E-state index < -0.39 is 48.8 Å². The topological polar surface area (TPSA) is 222 Å². The number of aliphatic imine (C=N–C) groups is 2. The van der Waals surface area contributed by atoms with Crippen molar-refractivity contribution in [1.82, 2.24) is 5.32 Å². The molecule has 16 nitrogen and oxygen atoms in total. The quantitative estimate of drug-likeness (QED) is 0.0775. The molecule has 2 aromatic rings. The summed E-state index contributed by atoms with van der Waals surface area (Å²) in [6.07, 6.45) is 8.06. The number of benzene rings is 1. The van der Waals surface area contributed by atoms with Crippen molar-refractivity contribution in [2.45, 2.75) is 81.2 Å². The van der Waals surface area contributed by atoms with E-state index in [0.717, 1.165) is 21.9 Å². The van der Waals surface area contributed by atoms with Crippen molar-refractivity contribution in [3.05, 3.63) is 82.3 Å². The molecule has 6 aliphatic heterocycles. The number of carbonyl (C=O) groups is 1. The molecule has 10 atom stereocenters. The lowest BCUT2D eigenvalue weighted by atomic mass is 9.83. The van der Waals surface area contributed by atoms with Crippen molar-refractivity contribution in [3.63, 3.8) is 0 Å². The zero-order valence-electron chi connectivity index (χ0n) is 30.6. The molecule has 1 aromatic heterocycles. The van der Waals surface area contributed by atoms with Gasteiger partial charge in [0.25, 0.3) is 0 Å². The number of aliphatic hydroxyl groups excluding tert-OH is 4. The van der Waals surface area contributed by atoms with E-state index in [9.17, 15) is 35.1 Å². The first-order valence-corrected chi connectivity index (χ1v) is 18.7. The Morgan fingerprint density at radius 2 is 1.98 bits per heavy atom. The fraction of sp³-hybridized carbons (Fsp3) is 0.487. The van der Waals surface area contributed by atoms with Gasteiger partial charge in [-0.05, 0) is 50.8 Å². The maximum absolute atomic E-state index is 13.4. The lowest BCUT2D eigenvalue weighted by molar-refractivity contribution is -0.861. The Hall–Kier alpha value is -4.36. The number of nitrogens with zero attached hydrogens (tertiary/aromatic N) is 2. The van der Waals surface area contributed by atoms with Gasteiger partial charge in [-0.25, -0.2) is 9.78 Å². The summed E-state index contributed by atoms with van der Waals surface area (Å²) in [5, 5.41) is 57.6. The summed E-state index contributed by atoms with van der Waals surface area (Å²) in [7, 11) is 0. The van der Waals surface area contributed by atoms with Gasteiger partial charge in [0, 0.05) is 49.5 Å². The molecule has 0 aliphatic carbocycles. The molecule has 8 N–H and O–H groups in total. The maximum atomic E-state index is 13.4. The van der Waals surface area contributed by atoms with Crippen LogP contribution in [0.3, 0.4) is 0 Å². The molecule has 0 bridgehead atoms. The van der Waals surface area contributed by atoms with Gasteiger partial charge in [-0.15, -0.1) is 0 Å². The summed E-state index contributed by atoms with van der Waals surface area (Å²) in [5.74, 6) is 1.06. The van der Waals surface area contributed by atoms with Gasteiger partial charge in [-0.1, -0.05) is 0 Å². The number of amides is 1. The van der Waals surface area contributed by atoms with Crippen LogP contribution in [0.4, 0.5) is 5.69 Å². The van der Waals surface area contributed by atoms with Crippen molar-refractivity contribution in [2.75, 3.05) is 32.8 Å². The third kappa shape index (κ3) is 6.92. The van der Waals surface area contributed by atoms with E-state index >= 15 is 0 Å². The van der Waals surface area contributed by atoms with E-state index in [2.05, 4.69) is 15.3 Å². The number of nitrogens with one attached hydrogen (secondary N) is 3. The monoisotopic (exact) mass is 761 g/mol. The maximum Gasteiger partial charge on any atom is 0.222 e. The molecule has 1 fully saturated rings. The van der Waals surface area contributed by atoms with Crippen molar-refractivity contribution in [3.8, 4) is 5.75 Å². The Labute approximate surface area is 315 Å². The third-order valence-corrected chi connectivity index (χ3v) is 11.8. The highest BCUT2D eigenvalue weighted by atomic mass is 17.2. The van der Waals surface area contributed by atoms with E-state index in [1.165, 1.54) is 6.07 Å². The SMILES string of the molecule is Cc1cc(=O)c2cc3c(c([NH+]4C=C5C=CN=C5C4)c2o1)OC(C)(CCC1CNC(=O)C1)C(OOCC(O)C(O)(C[NH+]1C=CC2=NC=CC21)C(O)C(O)CO)C3. The summed E-state index contributed by atoms with van der Waals surface area (Å²) in [5.41, 5.74) is 0.759. The van der Waals surface area contributed by atoms with Gasteiger partial charge >= 0.3 is 0 Å². The van der Waals surface area contributed by atoms with Crippen molar-refractivity contribution in [2.24, 2.45) is 15.9 Å². The summed E-state index contributed by atoms with van der Waals surface area (Å²) in [4.78, 5) is 47.6. The number of aryl methyl sites for hydroxylation is 1. The molecule has 16 heteroatoms. The van der Waals surface area contributed by atoms with Crippen LogP contribution in [-0.2, 0) is 21.0 Å². The van der Waals surface area contributed by atoms with Crippen molar-refractivity contribution >= 4 is 34.0 Å². The number of carbonyl (C=O) groups excluding carboxylic acids is 1. The smallest absolute Gasteiger partial charge is 0.222 e. The Kier molecular flexibility index (Phi) is 9.98. The molecule has 10 unspecified atom stereocenters.